The number of ketones is 1. The van der Waals surface area contributed by atoms with Crippen molar-refractivity contribution in [3.63, 3.8) is 0 Å². The van der Waals surface area contributed by atoms with Gasteiger partial charge in [0.05, 0.1) is 12.1 Å². The zero-order valence-electron chi connectivity index (χ0n) is 14.9. The van der Waals surface area contributed by atoms with Crippen molar-refractivity contribution in [2.24, 2.45) is 0 Å². The molecule has 0 unspecified atom stereocenters. The lowest BCUT2D eigenvalue weighted by Gasteiger charge is -2.11. The van der Waals surface area contributed by atoms with Crippen LogP contribution in [0.15, 0.2) is 42.5 Å². The number of likely N-dealkylation sites (N-methyl/N-ethyl adjacent to an activating group) is 1. The van der Waals surface area contributed by atoms with Crippen molar-refractivity contribution in [1.29, 1.82) is 0 Å². The van der Waals surface area contributed by atoms with E-state index in [9.17, 15) is 9.59 Å². The maximum atomic E-state index is 12.3. The summed E-state index contributed by atoms with van der Waals surface area (Å²) in [4.78, 5) is 23.8. The van der Waals surface area contributed by atoms with E-state index in [1.165, 1.54) is 19.3 Å². The van der Waals surface area contributed by atoms with E-state index in [2.05, 4.69) is 5.32 Å². The van der Waals surface area contributed by atoms with Crippen LogP contribution in [0.1, 0.15) is 22.8 Å². The zero-order valence-corrected chi connectivity index (χ0v) is 16.4. The van der Waals surface area contributed by atoms with Gasteiger partial charge in [0.1, 0.15) is 0 Å². The van der Waals surface area contributed by atoms with Crippen LogP contribution >= 0.6 is 23.2 Å². The number of nitrogens with one attached hydrogen (secondary N) is 1. The Morgan fingerprint density at radius 1 is 1.11 bits per heavy atom. The number of benzene rings is 2. The van der Waals surface area contributed by atoms with E-state index in [4.69, 9.17) is 32.7 Å². The first kappa shape index (κ1) is 20.8. The molecule has 142 valence electrons. The molecular formula is C20H19Cl2NO4. The maximum absolute atomic E-state index is 12.3. The van der Waals surface area contributed by atoms with Crippen molar-refractivity contribution < 1.29 is 19.1 Å². The second-order valence-electron chi connectivity index (χ2n) is 5.47. The third-order valence-electron chi connectivity index (χ3n) is 3.54. The Balaban J connectivity index is 2.11. The molecule has 0 bridgehead atoms. The molecule has 27 heavy (non-hydrogen) atoms. The lowest BCUT2D eigenvalue weighted by Crippen LogP contribution is -2.28. The summed E-state index contributed by atoms with van der Waals surface area (Å²) < 4.78 is 10.8. The van der Waals surface area contributed by atoms with E-state index in [0.717, 1.165) is 5.56 Å². The summed E-state index contributed by atoms with van der Waals surface area (Å²) in [6.45, 7) is 2.26. The Morgan fingerprint density at radius 2 is 1.89 bits per heavy atom. The van der Waals surface area contributed by atoms with Gasteiger partial charge in [-0.25, -0.2) is 0 Å². The first-order valence-corrected chi connectivity index (χ1v) is 8.95. The molecule has 7 heteroatoms. The molecule has 0 aliphatic carbocycles. The van der Waals surface area contributed by atoms with Gasteiger partial charge in [0.25, 0.3) is 5.91 Å². The molecule has 0 atom stereocenters. The first-order valence-electron chi connectivity index (χ1n) is 8.19. The molecule has 2 aromatic carbocycles. The van der Waals surface area contributed by atoms with Gasteiger partial charge in [0, 0.05) is 17.1 Å². The van der Waals surface area contributed by atoms with Crippen LogP contribution in [0.25, 0.3) is 6.08 Å². The van der Waals surface area contributed by atoms with E-state index >= 15 is 0 Å². The van der Waals surface area contributed by atoms with Gasteiger partial charge in [0.15, 0.2) is 23.9 Å². The molecule has 5 nitrogen and oxygen atoms in total. The number of amides is 1. The fraction of sp³-hybridized carbons (Fsp3) is 0.200. The Hall–Kier alpha value is -2.50. The van der Waals surface area contributed by atoms with Crippen LogP contribution < -0.4 is 14.8 Å². The Morgan fingerprint density at radius 3 is 2.56 bits per heavy atom. The molecule has 0 spiro atoms. The third-order valence-corrected chi connectivity index (χ3v) is 4.09. The van der Waals surface area contributed by atoms with E-state index in [1.54, 1.807) is 36.4 Å². The number of hydrogen-bond donors (Lipinski definition) is 1. The fourth-order valence-electron chi connectivity index (χ4n) is 2.25. The molecule has 0 aliphatic heterocycles. The van der Waals surface area contributed by atoms with Crippen molar-refractivity contribution in [1.82, 2.24) is 5.32 Å². The molecule has 2 rings (SSSR count). The summed E-state index contributed by atoms with van der Waals surface area (Å²) >= 11 is 11.9. The quantitative estimate of drug-likeness (QED) is 0.519. The monoisotopic (exact) mass is 407 g/mol. The van der Waals surface area contributed by atoms with E-state index in [-0.39, 0.29) is 18.3 Å². The lowest BCUT2D eigenvalue weighted by atomic mass is 10.1. The standard InChI is InChI=1S/C20H19Cl2NO4/c1-3-23-20(25)12-27-18-9-5-13(10-19(18)26-2)4-8-17(24)15-7-6-14(21)11-16(15)22/h4-11H,3,12H2,1-2H3,(H,23,25)/b8-4+. The molecular weight excluding hydrogens is 389 g/mol. The zero-order chi connectivity index (χ0) is 19.8. The topological polar surface area (TPSA) is 64.6 Å². The van der Waals surface area contributed by atoms with Crippen LogP contribution in [0.2, 0.25) is 10.0 Å². The lowest BCUT2D eigenvalue weighted by molar-refractivity contribution is -0.123. The van der Waals surface area contributed by atoms with Crippen molar-refractivity contribution in [2.75, 3.05) is 20.3 Å². The van der Waals surface area contributed by atoms with Crippen molar-refractivity contribution in [3.05, 3.63) is 63.6 Å². The van der Waals surface area contributed by atoms with Crippen LogP contribution in [0.3, 0.4) is 0 Å². The number of carbonyl (C=O) groups excluding carboxylic acids is 2. The Bertz CT molecular complexity index is 865. The molecule has 0 saturated heterocycles. The number of halogens is 2. The second kappa shape index (κ2) is 10.00. The highest BCUT2D eigenvalue weighted by molar-refractivity contribution is 6.37. The van der Waals surface area contributed by atoms with Gasteiger partial charge < -0.3 is 14.8 Å². The minimum atomic E-state index is -0.243. The largest absolute Gasteiger partial charge is 0.493 e. The third kappa shape index (κ3) is 6.01. The normalized spacial score (nSPS) is 10.7. The summed E-state index contributed by atoms with van der Waals surface area (Å²) in [5.41, 5.74) is 1.10. The molecule has 0 heterocycles. The van der Waals surface area contributed by atoms with Gasteiger partial charge in [-0.2, -0.15) is 0 Å². The highest BCUT2D eigenvalue weighted by Gasteiger charge is 2.10. The maximum Gasteiger partial charge on any atom is 0.257 e. The number of methoxy groups -OCH3 is 1. The molecule has 0 aromatic heterocycles. The number of carbonyl (C=O) groups is 2. The van der Waals surface area contributed by atoms with Crippen LogP contribution in [0.5, 0.6) is 11.5 Å². The second-order valence-corrected chi connectivity index (χ2v) is 6.32. The predicted octanol–water partition coefficient (Wildman–Crippen LogP) is 4.41. The van der Waals surface area contributed by atoms with Crippen molar-refractivity contribution in [2.45, 2.75) is 6.92 Å². The number of hydrogen-bond acceptors (Lipinski definition) is 4. The van der Waals surface area contributed by atoms with E-state index in [1.807, 2.05) is 6.92 Å². The highest BCUT2D eigenvalue weighted by atomic mass is 35.5. The summed E-state index contributed by atoms with van der Waals surface area (Å²) in [6.07, 6.45) is 3.06. The minimum absolute atomic E-state index is 0.104. The predicted molar refractivity (Wildman–Crippen MR) is 107 cm³/mol. The number of allylic oxidation sites excluding steroid dienone is 1. The molecule has 0 aliphatic rings. The molecule has 2 aromatic rings. The molecule has 0 saturated carbocycles. The van der Waals surface area contributed by atoms with Gasteiger partial charge in [-0.05, 0) is 48.9 Å². The number of ether oxygens (including phenoxy) is 2. The summed E-state index contributed by atoms with van der Waals surface area (Å²) in [6, 6.07) is 9.85. The smallest absolute Gasteiger partial charge is 0.257 e. The minimum Gasteiger partial charge on any atom is -0.493 e. The summed E-state index contributed by atoms with van der Waals surface area (Å²) in [5, 5.41) is 3.41. The number of rotatable bonds is 8. The van der Waals surface area contributed by atoms with Crippen molar-refractivity contribution >= 4 is 41.0 Å². The Labute approximate surface area is 167 Å². The van der Waals surface area contributed by atoms with Gasteiger partial charge in [-0.1, -0.05) is 35.3 Å². The van der Waals surface area contributed by atoms with Gasteiger partial charge in [0.2, 0.25) is 0 Å². The SMILES string of the molecule is CCNC(=O)COc1ccc(/C=C/C(=O)c2ccc(Cl)cc2Cl)cc1OC. The van der Waals surface area contributed by atoms with Gasteiger partial charge in [-0.15, -0.1) is 0 Å². The average Bonchev–Trinajstić information content (AvgIpc) is 2.65. The van der Waals surface area contributed by atoms with Crippen molar-refractivity contribution in [3.8, 4) is 11.5 Å². The molecule has 0 fully saturated rings. The molecule has 0 radical (unpaired) electrons. The van der Waals surface area contributed by atoms with Crippen LogP contribution in [0.4, 0.5) is 0 Å². The van der Waals surface area contributed by atoms with Crippen LogP contribution in [-0.4, -0.2) is 32.0 Å². The average molecular weight is 408 g/mol. The highest BCUT2D eigenvalue weighted by Crippen LogP contribution is 2.29. The molecule has 1 N–H and O–H groups in total. The fourth-order valence-corrected chi connectivity index (χ4v) is 2.75. The van der Waals surface area contributed by atoms with Crippen LogP contribution in [0, 0.1) is 0 Å². The van der Waals surface area contributed by atoms with Gasteiger partial charge >= 0.3 is 0 Å². The Kier molecular flexibility index (Phi) is 7.70. The van der Waals surface area contributed by atoms with Crippen LogP contribution in [-0.2, 0) is 4.79 Å². The first-order chi connectivity index (χ1) is 12.9. The molecule has 1 amide bonds. The van der Waals surface area contributed by atoms with E-state index in [0.29, 0.717) is 33.7 Å². The summed E-state index contributed by atoms with van der Waals surface area (Å²) in [7, 11) is 1.50. The van der Waals surface area contributed by atoms with Gasteiger partial charge in [-0.3, -0.25) is 9.59 Å². The summed E-state index contributed by atoms with van der Waals surface area (Å²) in [5.74, 6) is 0.438. The van der Waals surface area contributed by atoms with E-state index < -0.39 is 0 Å².